The van der Waals surface area contributed by atoms with Crippen LogP contribution in [0.25, 0.3) is 0 Å². The molecule has 0 aliphatic carbocycles. The van der Waals surface area contributed by atoms with Crippen LogP contribution in [0.3, 0.4) is 0 Å². The summed E-state index contributed by atoms with van der Waals surface area (Å²) in [6.45, 7) is 9.96. The van der Waals surface area contributed by atoms with Gasteiger partial charge in [-0.3, -0.25) is 4.99 Å². The molecule has 1 fully saturated rings. The van der Waals surface area contributed by atoms with E-state index in [1.54, 1.807) is 7.11 Å². The van der Waals surface area contributed by atoms with Gasteiger partial charge in [-0.2, -0.15) is 0 Å². The van der Waals surface area contributed by atoms with E-state index in [-0.39, 0.29) is 24.0 Å². The lowest BCUT2D eigenvalue weighted by molar-refractivity contribution is 0.371. The van der Waals surface area contributed by atoms with Gasteiger partial charge in [-0.1, -0.05) is 6.92 Å². The van der Waals surface area contributed by atoms with E-state index in [9.17, 15) is 8.42 Å². The smallest absolute Gasteiger partial charge is 0.211 e. The quantitative estimate of drug-likeness (QED) is 0.219. The van der Waals surface area contributed by atoms with Crippen molar-refractivity contribution in [3.8, 4) is 5.75 Å². The number of methoxy groups -OCH3 is 1. The van der Waals surface area contributed by atoms with Crippen LogP contribution in [0.4, 0.5) is 5.69 Å². The summed E-state index contributed by atoms with van der Waals surface area (Å²) in [5.41, 5.74) is 1.20. The summed E-state index contributed by atoms with van der Waals surface area (Å²) in [6.07, 6.45) is 1.97. The maximum Gasteiger partial charge on any atom is 0.211 e. The molecule has 0 atom stereocenters. The number of ether oxygens (including phenoxy) is 1. The molecule has 1 aromatic carbocycles. The first-order valence-corrected chi connectivity index (χ1v) is 12.1. The Morgan fingerprint density at radius 2 is 1.80 bits per heavy atom. The van der Waals surface area contributed by atoms with Gasteiger partial charge in [0.25, 0.3) is 0 Å². The number of piperazine rings is 1. The number of aliphatic imine (C=N–C) groups is 1. The predicted octanol–water partition coefficient (Wildman–Crippen LogP) is 2.07. The van der Waals surface area contributed by atoms with Gasteiger partial charge in [0.15, 0.2) is 5.96 Å². The van der Waals surface area contributed by atoms with Crippen LogP contribution in [-0.2, 0) is 10.0 Å². The van der Waals surface area contributed by atoms with Gasteiger partial charge < -0.3 is 19.9 Å². The van der Waals surface area contributed by atoms with E-state index in [1.165, 1.54) is 16.2 Å². The molecule has 0 saturated carbocycles. The number of sulfonamides is 1. The van der Waals surface area contributed by atoms with Crippen LogP contribution in [-0.4, -0.2) is 89.3 Å². The Bertz CT molecular complexity index is 750. The van der Waals surface area contributed by atoms with Crippen molar-refractivity contribution >= 4 is 45.6 Å². The summed E-state index contributed by atoms with van der Waals surface area (Å²) in [5, 5.41) is 3.36. The minimum Gasteiger partial charge on any atom is -0.497 e. The molecule has 2 rings (SSSR count). The zero-order valence-electron chi connectivity index (χ0n) is 18.5. The maximum absolute atomic E-state index is 11.7. The van der Waals surface area contributed by atoms with Gasteiger partial charge in [0, 0.05) is 58.0 Å². The third-order valence-corrected chi connectivity index (χ3v) is 6.38. The van der Waals surface area contributed by atoms with E-state index < -0.39 is 10.0 Å². The van der Waals surface area contributed by atoms with E-state index in [0.29, 0.717) is 26.1 Å². The number of hydrogen-bond donors (Lipinski definition) is 1. The number of nitrogens with one attached hydrogen (secondary N) is 1. The highest BCUT2D eigenvalue weighted by Gasteiger charge is 2.20. The summed E-state index contributed by atoms with van der Waals surface area (Å²) in [6, 6.07) is 8.16. The molecule has 10 heteroatoms. The van der Waals surface area contributed by atoms with Crippen LogP contribution in [0.2, 0.25) is 0 Å². The Labute approximate surface area is 198 Å². The van der Waals surface area contributed by atoms with Crippen molar-refractivity contribution in [2.75, 3.05) is 70.6 Å². The molecule has 0 aromatic heterocycles. The molecule has 8 nitrogen and oxygen atoms in total. The Hall–Kier alpha value is -1.27. The molecule has 0 unspecified atom stereocenters. The van der Waals surface area contributed by atoms with Crippen molar-refractivity contribution in [1.29, 1.82) is 0 Å². The van der Waals surface area contributed by atoms with Gasteiger partial charge in [0.05, 0.1) is 13.4 Å². The molecular formula is C20H36IN5O3S. The fourth-order valence-corrected chi connectivity index (χ4v) is 4.32. The first-order valence-electron chi connectivity index (χ1n) is 10.3. The van der Waals surface area contributed by atoms with Crippen LogP contribution in [0.5, 0.6) is 5.75 Å². The second kappa shape index (κ2) is 13.2. The Kier molecular flexibility index (Phi) is 11.8. The molecular weight excluding hydrogens is 517 g/mol. The number of anilines is 1. The summed E-state index contributed by atoms with van der Waals surface area (Å²) < 4.78 is 30.1. The van der Waals surface area contributed by atoms with Crippen molar-refractivity contribution in [2.24, 2.45) is 4.99 Å². The molecule has 172 valence electrons. The molecule has 1 saturated heterocycles. The highest BCUT2D eigenvalue weighted by atomic mass is 127. The predicted molar refractivity (Wildman–Crippen MR) is 135 cm³/mol. The molecule has 0 radical (unpaired) electrons. The molecule has 1 aliphatic heterocycles. The highest BCUT2D eigenvalue weighted by molar-refractivity contribution is 14.0. The first-order chi connectivity index (χ1) is 13.9. The third kappa shape index (κ3) is 8.10. The number of halogens is 1. The van der Waals surface area contributed by atoms with Gasteiger partial charge in [-0.25, -0.2) is 12.7 Å². The molecule has 0 spiro atoms. The third-order valence-electron chi connectivity index (χ3n) is 5.00. The average Bonchev–Trinajstić information content (AvgIpc) is 2.72. The Morgan fingerprint density at radius 3 is 2.30 bits per heavy atom. The second-order valence-electron chi connectivity index (χ2n) is 7.02. The number of benzene rings is 1. The Balaban J connectivity index is 0.00000450. The number of nitrogens with zero attached hydrogens (tertiary/aromatic N) is 4. The molecule has 1 aliphatic rings. The topological polar surface area (TPSA) is 77.5 Å². The molecule has 0 bridgehead atoms. The van der Waals surface area contributed by atoms with E-state index in [4.69, 9.17) is 9.73 Å². The van der Waals surface area contributed by atoms with E-state index in [0.717, 1.165) is 44.4 Å². The largest absolute Gasteiger partial charge is 0.497 e. The van der Waals surface area contributed by atoms with Crippen molar-refractivity contribution in [3.05, 3.63) is 24.3 Å². The van der Waals surface area contributed by atoms with E-state index in [2.05, 4.69) is 34.2 Å². The summed E-state index contributed by atoms with van der Waals surface area (Å²) in [4.78, 5) is 9.36. The van der Waals surface area contributed by atoms with Crippen molar-refractivity contribution in [3.63, 3.8) is 0 Å². The summed E-state index contributed by atoms with van der Waals surface area (Å²) >= 11 is 0. The number of hydrogen-bond acceptors (Lipinski definition) is 5. The van der Waals surface area contributed by atoms with Crippen LogP contribution in [0.1, 0.15) is 20.3 Å². The molecule has 1 heterocycles. The SMILES string of the molecule is CCNC(=NCCCN(CC)S(C)(=O)=O)N1CCN(c2ccc(OC)cc2)CC1.I. The number of guanidine groups is 1. The van der Waals surface area contributed by atoms with Crippen molar-refractivity contribution in [1.82, 2.24) is 14.5 Å². The van der Waals surface area contributed by atoms with E-state index >= 15 is 0 Å². The lowest BCUT2D eigenvalue weighted by Gasteiger charge is -2.37. The fourth-order valence-electron chi connectivity index (χ4n) is 3.39. The molecule has 1 aromatic rings. The average molecular weight is 554 g/mol. The Morgan fingerprint density at radius 1 is 1.17 bits per heavy atom. The summed E-state index contributed by atoms with van der Waals surface area (Å²) in [7, 11) is -1.46. The number of rotatable bonds is 9. The van der Waals surface area contributed by atoms with Gasteiger partial charge >= 0.3 is 0 Å². The highest BCUT2D eigenvalue weighted by Crippen LogP contribution is 2.20. The minimum absolute atomic E-state index is 0. The monoisotopic (exact) mass is 553 g/mol. The standard InChI is InChI=1S/C20H35N5O3S.HI/c1-5-21-20(22-12-7-13-25(6-2)29(4,26)27)24-16-14-23(15-17-24)18-8-10-19(28-3)11-9-18;/h8-11H,5-7,12-17H2,1-4H3,(H,21,22);1H. The molecule has 1 N–H and O–H groups in total. The van der Waals surface area contributed by atoms with Crippen molar-refractivity contribution in [2.45, 2.75) is 20.3 Å². The van der Waals surface area contributed by atoms with E-state index in [1.807, 2.05) is 19.1 Å². The van der Waals surface area contributed by atoms with Crippen molar-refractivity contribution < 1.29 is 13.2 Å². The summed E-state index contributed by atoms with van der Waals surface area (Å²) in [5.74, 6) is 1.77. The zero-order chi connectivity index (χ0) is 21.3. The van der Waals surface area contributed by atoms with Crippen LogP contribution >= 0.6 is 24.0 Å². The van der Waals surface area contributed by atoms with Gasteiger partial charge in [0.2, 0.25) is 10.0 Å². The van der Waals surface area contributed by atoms with Gasteiger partial charge in [-0.15, -0.1) is 24.0 Å². The maximum atomic E-state index is 11.7. The fraction of sp³-hybridized carbons (Fsp3) is 0.650. The van der Waals surface area contributed by atoms with Crippen LogP contribution in [0.15, 0.2) is 29.3 Å². The lowest BCUT2D eigenvalue weighted by atomic mass is 10.2. The lowest BCUT2D eigenvalue weighted by Crippen LogP contribution is -2.52. The second-order valence-corrected chi connectivity index (χ2v) is 9.00. The zero-order valence-corrected chi connectivity index (χ0v) is 21.7. The first kappa shape index (κ1) is 26.8. The molecule has 30 heavy (non-hydrogen) atoms. The molecule has 0 amide bonds. The normalized spacial score (nSPS) is 15.2. The van der Waals surface area contributed by atoms with Gasteiger partial charge in [-0.05, 0) is 37.6 Å². The van der Waals surface area contributed by atoms with Crippen LogP contribution < -0.4 is 15.0 Å². The minimum atomic E-state index is -3.14. The van der Waals surface area contributed by atoms with Gasteiger partial charge in [0.1, 0.15) is 5.75 Å². The van der Waals surface area contributed by atoms with Crippen LogP contribution in [0, 0.1) is 0 Å².